The number of nitrogens with zero attached hydrogens (tertiary/aromatic N) is 5. The number of benzene rings is 2. The molecule has 1 aliphatic heterocycles. The molecule has 5 rings (SSSR count). The van der Waals surface area contributed by atoms with Crippen LogP contribution in [-0.2, 0) is 6.54 Å². The van der Waals surface area contributed by atoms with Gasteiger partial charge in [-0.3, -0.25) is 19.4 Å². The summed E-state index contributed by atoms with van der Waals surface area (Å²) >= 11 is 1.56. The molecule has 0 aliphatic carbocycles. The summed E-state index contributed by atoms with van der Waals surface area (Å²) in [6.07, 6.45) is 2.01. The summed E-state index contributed by atoms with van der Waals surface area (Å²) < 4.78 is 2.09. The van der Waals surface area contributed by atoms with E-state index in [1.807, 2.05) is 16.5 Å². The number of nitro groups is 1. The molecule has 0 bridgehead atoms. The Hall–Kier alpha value is -3.76. The van der Waals surface area contributed by atoms with E-state index in [0.717, 1.165) is 51.8 Å². The largest absolute Gasteiger partial charge is 0.322 e. The SMILES string of the molecule is CC(C)c1cccc(C(C)C)c1NC(=O)N1CCN(Cc2c(-c3ccc([N+](=O)[O-])cc3)nc3sccn23)CC1. The van der Waals surface area contributed by atoms with Crippen molar-refractivity contribution in [2.45, 2.75) is 46.1 Å². The van der Waals surface area contributed by atoms with Gasteiger partial charge < -0.3 is 10.2 Å². The molecule has 39 heavy (non-hydrogen) atoms. The van der Waals surface area contributed by atoms with Gasteiger partial charge in [0.25, 0.3) is 5.69 Å². The Morgan fingerprint density at radius 1 is 1.03 bits per heavy atom. The third kappa shape index (κ3) is 5.53. The normalized spacial score (nSPS) is 14.5. The summed E-state index contributed by atoms with van der Waals surface area (Å²) in [4.78, 5) is 34.0. The third-order valence-electron chi connectivity index (χ3n) is 7.35. The molecule has 2 aromatic carbocycles. The molecular weight excluding hydrogens is 512 g/mol. The van der Waals surface area contributed by atoms with Crippen LogP contribution in [0.25, 0.3) is 16.2 Å². The lowest BCUT2D eigenvalue weighted by atomic mass is 9.93. The number of carbonyl (C=O) groups is 1. The van der Waals surface area contributed by atoms with Crippen molar-refractivity contribution in [1.29, 1.82) is 0 Å². The smallest absolute Gasteiger partial charge is 0.321 e. The van der Waals surface area contributed by atoms with Crippen LogP contribution < -0.4 is 5.32 Å². The summed E-state index contributed by atoms with van der Waals surface area (Å²) in [5, 5.41) is 16.3. The summed E-state index contributed by atoms with van der Waals surface area (Å²) in [5.41, 5.74) is 6.07. The number of non-ortho nitro benzene ring substituents is 1. The number of aromatic nitrogens is 2. The first kappa shape index (κ1) is 26.8. The van der Waals surface area contributed by atoms with E-state index in [0.29, 0.717) is 31.5 Å². The monoisotopic (exact) mass is 546 g/mol. The standard InChI is InChI=1S/C29H34N6O3S/c1-19(2)23-6-5-7-24(20(3)4)27(23)30-28(36)33-14-12-32(13-15-33)18-25-26(31-29-34(25)16-17-39-29)21-8-10-22(11-9-21)35(37)38/h5-11,16-17,19-20H,12-15,18H2,1-4H3,(H,30,36). The zero-order valence-corrected chi connectivity index (χ0v) is 23.6. The number of anilines is 1. The lowest BCUT2D eigenvalue weighted by Crippen LogP contribution is -2.49. The fourth-order valence-corrected chi connectivity index (χ4v) is 5.89. The second-order valence-corrected chi connectivity index (χ2v) is 11.5. The van der Waals surface area contributed by atoms with Crippen molar-refractivity contribution in [3.05, 3.63) is 81.0 Å². The summed E-state index contributed by atoms with van der Waals surface area (Å²) in [7, 11) is 0. The van der Waals surface area contributed by atoms with Crippen LogP contribution in [0.3, 0.4) is 0 Å². The van der Waals surface area contributed by atoms with Crippen molar-refractivity contribution in [1.82, 2.24) is 19.2 Å². The van der Waals surface area contributed by atoms with Gasteiger partial charge in [-0.15, -0.1) is 11.3 Å². The second-order valence-electron chi connectivity index (χ2n) is 10.6. The summed E-state index contributed by atoms with van der Waals surface area (Å²) in [5.74, 6) is 0.621. The van der Waals surface area contributed by atoms with Crippen LogP contribution in [0.4, 0.5) is 16.2 Å². The van der Waals surface area contributed by atoms with Crippen LogP contribution in [0.2, 0.25) is 0 Å². The minimum Gasteiger partial charge on any atom is -0.322 e. The highest BCUT2D eigenvalue weighted by molar-refractivity contribution is 7.15. The van der Waals surface area contributed by atoms with Crippen molar-refractivity contribution in [2.24, 2.45) is 0 Å². The Labute approximate surface area is 232 Å². The van der Waals surface area contributed by atoms with Gasteiger partial charge in [0.05, 0.1) is 16.3 Å². The molecule has 10 heteroatoms. The van der Waals surface area contributed by atoms with Crippen LogP contribution in [0, 0.1) is 10.1 Å². The number of thiazole rings is 1. The molecule has 1 aliphatic rings. The highest BCUT2D eigenvalue weighted by atomic mass is 32.1. The van der Waals surface area contributed by atoms with E-state index < -0.39 is 4.92 Å². The Morgan fingerprint density at radius 3 is 2.26 bits per heavy atom. The zero-order valence-electron chi connectivity index (χ0n) is 22.8. The van der Waals surface area contributed by atoms with Crippen LogP contribution in [0.1, 0.15) is 56.4 Å². The van der Waals surface area contributed by atoms with Gasteiger partial charge in [-0.05, 0) is 35.1 Å². The average Bonchev–Trinajstić information content (AvgIpc) is 3.51. The fraction of sp³-hybridized carbons (Fsp3) is 0.379. The third-order valence-corrected chi connectivity index (χ3v) is 8.11. The summed E-state index contributed by atoms with van der Waals surface area (Å²) in [6.45, 7) is 12.0. The van der Waals surface area contributed by atoms with E-state index >= 15 is 0 Å². The number of nitro benzene ring substituents is 1. The van der Waals surface area contributed by atoms with E-state index in [1.165, 1.54) is 12.1 Å². The van der Waals surface area contributed by atoms with Crippen molar-refractivity contribution in [3.63, 3.8) is 0 Å². The first-order chi connectivity index (χ1) is 18.7. The first-order valence-electron chi connectivity index (χ1n) is 13.3. The molecule has 0 spiro atoms. The van der Waals surface area contributed by atoms with E-state index in [1.54, 1.807) is 23.5 Å². The fourth-order valence-electron chi connectivity index (χ4n) is 5.16. The molecule has 0 radical (unpaired) electrons. The maximum absolute atomic E-state index is 13.3. The van der Waals surface area contributed by atoms with Crippen molar-refractivity contribution in [3.8, 4) is 11.3 Å². The van der Waals surface area contributed by atoms with Gasteiger partial charge in [-0.2, -0.15) is 0 Å². The second kappa shape index (κ2) is 11.2. The molecule has 1 N–H and O–H groups in total. The number of rotatable bonds is 7. The number of hydrogen-bond acceptors (Lipinski definition) is 6. The molecule has 9 nitrogen and oxygen atoms in total. The molecule has 0 unspecified atom stereocenters. The van der Waals surface area contributed by atoms with E-state index in [9.17, 15) is 14.9 Å². The van der Waals surface area contributed by atoms with Gasteiger partial charge in [-0.1, -0.05) is 45.9 Å². The number of carbonyl (C=O) groups excluding carboxylic acids is 1. The number of urea groups is 1. The Bertz CT molecular complexity index is 1460. The Morgan fingerprint density at radius 2 is 1.67 bits per heavy atom. The molecule has 2 aromatic heterocycles. The molecule has 0 atom stereocenters. The quantitative estimate of drug-likeness (QED) is 0.209. The number of para-hydroxylation sites is 1. The number of piperazine rings is 1. The Balaban J connectivity index is 1.29. The number of amides is 2. The first-order valence-corrected chi connectivity index (χ1v) is 14.2. The van der Waals surface area contributed by atoms with Crippen LogP contribution in [0.15, 0.2) is 54.0 Å². The zero-order chi connectivity index (χ0) is 27.7. The van der Waals surface area contributed by atoms with Gasteiger partial charge in [-0.25, -0.2) is 9.78 Å². The highest BCUT2D eigenvalue weighted by Crippen LogP contribution is 2.33. The van der Waals surface area contributed by atoms with Crippen molar-refractivity contribution < 1.29 is 9.72 Å². The van der Waals surface area contributed by atoms with Gasteiger partial charge in [0.2, 0.25) is 0 Å². The minimum absolute atomic E-state index is 0.0548. The molecule has 2 amide bonds. The maximum Gasteiger partial charge on any atom is 0.321 e. The maximum atomic E-state index is 13.3. The lowest BCUT2D eigenvalue weighted by Gasteiger charge is -2.35. The van der Waals surface area contributed by atoms with Crippen LogP contribution in [0.5, 0.6) is 0 Å². The molecule has 1 fully saturated rings. The van der Waals surface area contributed by atoms with Crippen LogP contribution in [-0.4, -0.2) is 56.3 Å². The molecule has 0 saturated carbocycles. The minimum atomic E-state index is -0.392. The van der Waals surface area contributed by atoms with Gasteiger partial charge >= 0.3 is 6.03 Å². The lowest BCUT2D eigenvalue weighted by molar-refractivity contribution is -0.384. The average molecular weight is 547 g/mol. The number of imidazole rings is 1. The topological polar surface area (TPSA) is 96.0 Å². The molecular formula is C29H34N6O3S. The van der Waals surface area contributed by atoms with Crippen molar-refractivity contribution in [2.75, 3.05) is 31.5 Å². The number of nitrogens with one attached hydrogen (secondary N) is 1. The van der Waals surface area contributed by atoms with Gasteiger partial charge in [0.15, 0.2) is 4.96 Å². The molecule has 204 valence electrons. The molecule has 1 saturated heterocycles. The summed E-state index contributed by atoms with van der Waals surface area (Å²) in [6, 6.07) is 12.8. The molecule has 3 heterocycles. The van der Waals surface area contributed by atoms with Crippen LogP contribution >= 0.6 is 11.3 Å². The Kier molecular flexibility index (Phi) is 7.67. The molecule has 4 aromatic rings. The van der Waals surface area contributed by atoms with Crippen molar-refractivity contribution >= 4 is 33.7 Å². The number of hydrogen-bond donors (Lipinski definition) is 1. The predicted octanol–water partition coefficient (Wildman–Crippen LogP) is 6.57. The van der Waals surface area contributed by atoms with E-state index in [4.69, 9.17) is 4.98 Å². The van der Waals surface area contributed by atoms with Gasteiger partial charge in [0, 0.05) is 67.7 Å². The highest BCUT2D eigenvalue weighted by Gasteiger charge is 2.26. The van der Waals surface area contributed by atoms with Gasteiger partial charge in [0.1, 0.15) is 0 Å². The van der Waals surface area contributed by atoms with E-state index in [2.05, 4.69) is 60.5 Å². The predicted molar refractivity (Wildman–Crippen MR) is 156 cm³/mol. The number of fused-ring (bicyclic) bond motifs is 1. The van der Waals surface area contributed by atoms with E-state index in [-0.39, 0.29) is 11.7 Å².